The molecule has 1 aliphatic heterocycles. The van der Waals surface area contributed by atoms with Crippen LogP contribution in [0, 0.1) is 17.7 Å². The maximum absolute atomic E-state index is 15.7. The lowest BCUT2D eigenvalue weighted by atomic mass is 9.77. The van der Waals surface area contributed by atoms with Gasteiger partial charge in [0.1, 0.15) is 17.6 Å². The topological polar surface area (TPSA) is 155 Å². The van der Waals surface area contributed by atoms with Crippen LogP contribution in [0.15, 0.2) is 22.8 Å². The predicted octanol–water partition coefficient (Wildman–Crippen LogP) is 3.08. The number of ketones is 1. The van der Waals surface area contributed by atoms with Crippen LogP contribution < -0.4 is 10.0 Å². The van der Waals surface area contributed by atoms with Crippen LogP contribution in [0.2, 0.25) is 0 Å². The Balaban J connectivity index is 1.54. The smallest absolute Gasteiger partial charge is 0.276 e. The van der Waals surface area contributed by atoms with Gasteiger partial charge in [0.05, 0.1) is 11.8 Å². The highest BCUT2D eigenvalue weighted by Crippen LogP contribution is 2.32. The molecule has 47 heavy (non-hydrogen) atoms. The molecular weight excluding hydrogens is 627 g/mol. The summed E-state index contributed by atoms with van der Waals surface area (Å²) in [7, 11) is -1.79. The predicted molar refractivity (Wildman–Crippen MR) is 175 cm³/mol. The fourth-order valence-electron chi connectivity index (χ4n) is 6.47. The lowest BCUT2D eigenvalue weighted by molar-refractivity contribution is -0.136. The molecular formula is C33H49FN6O6S. The van der Waals surface area contributed by atoms with Gasteiger partial charge in [0, 0.05) is 38.0 Å². The van der Waals surface area contributed by atoms with Crippen LogP contribution in [0.5, 0.6) is 0 Å². The summed E-state index contributed by atoms with van der Waals surface area (Å²) in [4.78, 5) is 44.4. The molecule has 14 heteroatoms. The van der Waals surface area contributed by atoms with E-state index in [1.54, 1.807) is 17.9 Å². The summed E-state index contributed by atoms with van der Waals surface area (Å²) < 4.78 is 48.3. The summed E-state index contributed by atoms with van der Waals surface area (Å²) in [5, 5.41) is 10.4. The van der Waals surface area contributed by atoms with Gasteiger partial charge in [-0.25, -0.2) is 22.2 Å². The van der Waals surface area contributed by atoms with E-state index >= 15 is 4.39 Å². The number of nitrogens with one attached hydrogen (secondary N) is 2. The van der Waals surface area contributed by atoms with Gasteiger partial charge in [0.2, 0.25) is 15.9 Å². The molecule has 2 aliphatic rings. The van der Waals surface area contributed by atoms with E-state index in [0.717, 1.165) is 25.7 Å². The van der Waals surface area contributed by atoms with Crippen LogP contribution in [-0.4, -0.2) is 96.7 Å². The molecule has 1 aliphatic carbocycles. The molecule has 1 saturated heterocycles. The maximum atomic E-state index is 15.7. The van der Waals surface area contributed by atoms with Gasteiger partial charge in [0.25, 0.3) is 5.91 Å². The Kier molecular flexibility index (Phi) is 12.3. The van der Waals surface area contributed by atoms with Gasteiger partial charge in [-0.1, -0.05) is 50.9 Å². The number of hydrogen-bond acceptors (Lipinski definition) is 9. The van der Waals surface area contributed by atoms with Crippen molar-refractivity contribution in [3.63, 3.8) is 0 Å². The molecule has 1 aromatic heterocycles. The molecule has 0 radical (unpaired) electrons. The van der Waals surface area contributed by atoms with Crippen molar-refractivity contribution in [1.82, 2.24) is 30.2 Å². The SMILES string of the molecule is CCc1nonc1C(=O)N[C@H](C(=O)Cc1ccc([C@H](C)[C@@H](NS(=O)(=O)CC)C(=O)N2CCN(C)[C@H](C)C2)cc1F)C1CCC(C)CC1. The Morgan fingerprint density at radius 3 is 2.40 bits per heavy atom. The molecule has 0 unspecified atom stereocenters. The number of nitrogens with zero attached hydrogens (tertiary/aromatic N) is 4. The Bertz CT molecular complexity index is 1520. The molecule has 0 spiro atoms. The molecule has 4 atom stereocenters. The molecule has 2 amide bonds. The van der Waals surface area contributed by atoms with Crippen molar-refractivity contribution in [1.29, 1.82) is 0 Å². The number of Topliss-reactive ketones (excluding diaryl/α,β-unsaturated/α-hetero) is 1. The van der Waals surface area contributed by atoms with E-state index in [-0.39, 0.29) is 47.1 Å². The number of amides is 2. The second-order valence-corrected chi connectivity index (χ2v) is 15.3. The first-order chi connectivity index (χ1) is 22.2. The van der Waals surface area contributed by atoms with Crippen LogP contribution in [0.1, 0.15) is 93.5 Å². The first-order valence-corrected chi connectivity index (χ1v) is 18.3. The standard InChI is InChI=1S/C33H49FN6O6S/c1-7-27-31(37-46-36-27)32(42)35-30(23-11-9-20(3)10-12-23)28(41)18-25-14-13-24(17-26(25)34)22(5)29(38-47(44,45)8-2)33(43)40-16-15-39(6)21(4)19-40/h13-14,17,20-23,29-30,38H,7-12,15-16,18-19H2,1-6H3,(H,35,42)/t20?,21-,22+,23?,29-,30+/m1/s1. The largest absolute Gasteiger partial charge is 0.340 e. The van der Waals surface area contributed by atoms with Crippen molar-refractivity contribution in [2.24, 2.45) is 11.8 Å². The van der Waals surface area contributed by atoms with Crippen LogP contribution in [0.3, 0.4) is 0 Å². The third-order valence-corrected chi connectivity index (χ3v) is 11.3. The summed E-state index contributed by atoms with van der Waals surface area (Å²) in [6.07, 6.45) is 3.53. The van der Waals surface area contributed by atoms with Gasteiger partial charge < -0.3 is 15.1 Å². The Labute approximate surface area is 277 Å². The lowest BCUT2D eigenvalue weighted by Gasteiger charge is -2.40. The van der Waals surface area contributed by atoms with E-state index in [1.807, 2.05) is 20.9 Å². The number of halogens is 1. The number of aromatic nitrogens is 2. The number of hydrogen-bond donors (Lipinski definition) is 2. The number of aryl methyl sites for hydroxylation is 1. The molecule has 1 aromatic carbocycles. The molecule has 2 heterocycles. The number of piperazine rings is 1. The minimum atomic E-state index is -3.76. The third kappa shape index (κ3) is 9.02. The van der Waals surface area contributed by atoms with Gasteiger partial charge in [-0.05, 0) is 74.3 Å². The van der Waals surface area contributed by atoms with E-state index < -0.39 is 39.7 Å². The van der Waals surface area contributed by atoms with Crippen molar-refractivity contribution in [3.05, 3.63) is 46.5 Å². The summed E-state index contributed by atoms with van der Waals surface area (Å²) in [5.41, 5.74) is 1.00. The first kappa shape index (κ1) is 36.6. The van der Waals surface area contributed by atoms with Gasteiger partial charge in [-0.15, -0.1) is 0 Å². The van der Waals surface area contributed by atoms with Crippen molar-refractivity contribution in [2.45, 2.75) is 97.2 Å². The molecule has 2 fully saturated rings. The monoisotopic (exact) mass is 676 g/mol. The van der Waals surface area contributed by atoms with Crippen molar-refractivity contribution in [3.8, 4) is 0 Å². The third-order valence-electron chi connectivity index (χ3n) is 9.96. The molecule has 1 saturated carbocycles. The number of benzene rings is 1. The highest BCUT2D eigenvalue weighted by Gasteiger charge is 2.37. The number of carbonyl (C=O) groups excluding carboxylic acids is 3. The number of rotatable bonds is 13. The van der Waals surface area contributed by atoms with E-state index in [4.69, 9.17) is 4.63 Å². The Morgan fingerprint density at radius 1 is 1.09 bits per heavy atom. The molecule has 12 nitrogen and oxygen atoms in total. The average molecular weight is 677 g/mol. The maximum Gasteiger partial charge on any atom is 0.276 e. The summed E-state index contributed by atoms with van der Waals surface area (Å²) in [6, 6.07) is 2.54. The summed E-state index contributed by atoms with van der Waals surface area (Å²) >= 11 is 0. The van der Waals surface area contributed by atoms with E-state index in [1.165, 1.54) is 19.1 Å². The minimum Gasteiger partial charge on any atom is -0.340 e. The fraction of sp³-hybridized carbons (Fsp3) is 0.667. The molecule has 4 rings (SSSR count). The molecule has 2 aromatic rings. The van der Waals surface area contributed by atoms with E-state index in [0.29, 0.717) is 43.2 Å². The van der Waals surface area contributed by atoms with Crippen LogP contribution >= 0.6 is 0 Å². The van der Waals surface area contributed by atoms with Gasteiger partial charge in [-0.3, -0.25) is 14.4 Å². The van der Waals surface area contributed by atoms with Crippen molar-refractivity contribution in [2.75, 3.05) is 32.4 Å². The second kappa shape index (κ2) is 15.8. The highest BCUT2D eigenvalue weighted by atomic mass is 32.2. The molecule has 2 N–H and O–H groups in total. The number of likely N-dealkylation sites (N-methyl/N-ethyl adjacent to an activating group) is 1. The normalized spacial score (nSPS) is 22.8. The van der Waals surface area contributed by atoms with Crippen molar-refractivity contribution < 1.29 is 31.8 Å². The lowest BCUT2D eigenvalue weighted by Crippen LogP contribution is -2.58. The zero-order chi connectivity index (χ0) is 34.5. The Morgan fingerprint density at radius 2 is 1.79 bits per heavy atom. The quantitative estimate of drug-likeness (QED) is 0.326. The number of carbonyl (C=O) groups is 3. The van der Waals surface area contributed by atoms with E-state index in [9.17, 15) is 22.8 Å². The summed E-state index contributed by atoms with van der Waals surface area (Å²) in [5.74, 6) is -2.36. The van der Waals surface area contributed by atoms with Gasteiger partial charge in [-0.2, -0.15) is 0 Å². The summed E-state index contributed by atoms with van der Waals surface area (Å²) in [6.45, 7) is 10.7. The zero-order valence-electron chi connectivity index (χ0n) is 28.3. The van der Waals surface area contributed by atoms with Gasteiger partial charge in [0.15, 0.2) is 11.5 Å². The molecule has 0 bridgehead atoms. The fourth-order valence-corrected chi connectivity index (χ4v) is 7.33. The van der Waals surface area contributed by atoms with Gasteiger partial charge >= 0.3 is 0 Å². The van der Waals surface area contributed by atoms with E-state index in [2.05, 4.69) is 32.2 Å². The first-order valence-electron chi connectivity index (χ1n) is 16.7. The van der Waals surface area contributed by atoms with Crippen LogP contribution in [-0.2, 0) is 32.5 Å². The Hall–Kier alpha value is -3.23. The number of sulfonamides is 1. The minimum absolute atomic E-state index is 0.0350. The molecule has 260 valence electrons. The second-order valence-electron chi connectivity index (χ2n) is 13.3. The average Bonchev–Trinajstić information content (AvgIpc) is 3.54. The van der Waals surface area contributed by atoms with Crippen LogP contribution in [0.25, 0.3) is 0 Å². The highest BCUT2D eigenvalue weighted by molar-refractivity contribution is 7.89. The zero-order valence-corrected chi connectivity index (χ0v) is 29.1. The van der Waals surface area contributed by atoms with Crippen LogP contribution in [0.4, 0.5) is 4.39 Å². The van der Waals surface area contributed by atoms with Crippen molar-refractivity contribution >= 4 is 27.6 Å².